The SMILES string of the molecule is CCOC(=O)c1ccc(N=C2S/C(=C\c3ccc(O[C@@H](C)C(=O)O)c(OC)c3)C(=O)N2C)cc1. The number of amides is 1. The summed E-state index contributed by atoms with van der Waals surface area (Å²) in [5.41, 5.74) is 1.69. The monoisotopic (exact) mass is 484 g/mol. The molecule has 2 aromatic carbocycles. The highest BCUT2D eigenvalue weighted by molar-refractivity contribution is 8.18. The van der Waals surface area contributed by atoms with Gasteiger partial charge in [0.25, 0.3) is 5.91 Å². The van der Waals surface area contributed by atoms with E-state index in [9.17, 15) is 14.4 Å². The first kappa shape index (κ1) is 24.8. The number of esters is 1. The molecule has 10 heteroatoms. The Kier molecular flexibility index (Phi) is 7.95. The van der Waals surface area contributed by atoms with E-state index in [1.807, 2.05) is 0 Å². The highest BCUT2D eigenvalue weighted by Crippen LogP contribution is 2.35. The first-order valence-corrected chi connectivity index (χ1v) is 11.2. The number of nitrogens with zero attached hydrogens (tertiary/aromatic N) is 2. The van der Waals surface area contributed by atoms with E-state index in [0.717, 1.165) is 0 Å². The molecule has 3 rings (SSSR count). The minimum Gasteiger partial charge on any atom is -0.493 e. The molecule has 2 aromatic rings. The Bertz CT molecular complexity index is 1160. The van der Waals surface area contributed by atoms with Gasteiger partial charge in [0.2, 0.25) is 0 Å². The summed E-state index contributed by atoms with van der Waals surface area (Å²) < 4.78 is 15.7. The first-order valence-electron chi connectivity index (χ1n) is 10.3. The van der Waals surface area contributed by atoms with Crippen LogP contribution in [-0.2, 0) is 14.3 Å². The predicted molar refractivity (Wildman–Crippen MR) is 129 cm³/mol. The molecule has 0 unspecified atom stereocenters. The van der Waals surface area contributed by atoms with Crippen LogP contribution >= 0.6 is 11.8 Å². The van der Waals surface area contributed by atoms with Crippen LogP contribution in [0.25, 0.3) is 6.08 Å². The van der Waals surface area contributed by atoms with Crippen LogP contribution in [0.5, 0.6) is 11.5 Å². The van der Waals surface area contributed by atoms with Crippen molar-refractivity contribution in [3.63, 3.8) is 0 Å². The van der Waals surface area contributed by atoms with E-state index in [0.29, 0.717) is 39.2 Å². The van der Waals surface area contributed by atoms with Crippen LogP contribution in [0, 0.1) is 0 Å². The Labute approximate surface area is 201 Å². The van der Waals surface area contributed by atoms with Crippen LogP contribution in [-0.4, -0.2) is 59.9 Å². The summed E-state index contributed by atoms with van der Waals surface area (Å²) in [5.74, 6) is -1.08. The van der Waals surface area contributed by atoms with Crippen LogP contribution in [0.2, 0.25) is 0 Å². The number of methoxy groups -OCH3 is 1. The quantitative estimate of drug-likeness (QED) is 0.442. The maximum absolute atomic E-state index is 12.7. The maximum Gasteiger partial charge on any atom is 0.344 e. The zero-order valence-corrected chi connectivity index (χ0v) is 19.9. The molecule has 0 spiro atoms. The second-order valence-electron chi connectivity index (χ2n) is 7.15. The standard InChI is InChI=1S/C24H24N2O7S/c1-5-32-23(30)16-7-9-17(10-8-16)25-24-26(3)21(27)20(34-24)13-15-6-11-18(19(12-15)31-4)33-14(2)22(28)29/h6-14H,5H2,1-4H3,(H,28,29)/b20-13-,25-24?/t14-/m0/s1. The van der Waals surface area contributed by atoms with Crippen LogP contribution in [0.4, 0.5) is 5.69 Å². The lowest BCUT2D eigenvalue weighted by Gasteiger charge is -2.14. The van der Waals surface area contributed by atoms with E-state index < -0.39 is 18.0 Å². The topological polar surface area (TPSA) is 115 Å². The molecular formula is C24H24N2O7S. The molecule has 1 amide bonds. The number of ether oxygens (including phenoxy) is 3. The number of carbonyl (C=O) groups is 3. The van der Waals surface area contributed by atoms with Crippen LogP contribution in [0.3, 0.4) is 0 Å². The lowest BCUT2D eigenvalue weighted by Crippen LogP contribution is -2.23. The van der Waals surface area contributed by atoms with E-state index >= 15 is 0 Å². The summed E-state index contributed by atoms with van der Waals surface area (Å²) in [4.78, 5) is 42.0. The molecule has 1 saturated heterocycles. The zero-order valence-electron chi connectivity index (χ0n) is 19.1. The Balaban J connectivity index is 1.80. The third-order valence-electron chi connectivity index (χ3n) is 4.74. The summed E-state index contributed by atoms with van der Waals surface area (Å²) in [7, 11) is 3.08. The van der Waals surface area contributed by atoms with E-state index in [4.69, 9.17) is 19.3 Å². The van der Waals surface area contributed by atoms with Gasteiger partial charge in [0.05, 0.1) is 29.9 Å². The normalized spacial score (nSPS) is 16.6. The number of rotatable bonds is 8. The minimum atomic E-state index is -1.09. The molecule has 1 N–H and O–H groups in total. The number of amidine groups is 1. The Morgan fingerprint density at radius 3 is 2.50 bits per heavy atom. The molecule has 0 bridgehead atoms. The van der Waals surface area contributed by atoms with Gasteiger partial charge < -0.3 is 19.3 Å². The number of aliphatic imine (C=N–C) groups is 1. The highest BCUT2D eigenvalue weighted by atomic mass is 32.2. The van der Waals surface area contributed by atoms with Gasteiger partial charge in [-0.3, -0.25) is 9.69 Å². The number of aliphatic carboxylic acids is 1. The Morgan fingerprint density at radius 2 is 1.88 bits per heavy atom. The fraction of sp³-hybridized carbons (Fsp3) is 0.250. The zero-order chi connectivity index (χ0) is 24.8. The molecule has 1 aliphatic heterocycles. The summed E-state index contributed by atoms with van der Waals surface area (Å²) in [6, 6.07) is 11.6. The molecule has 9 nitrogen and oxygen atoms in total. The van der Waals surface area contributed by atoms with Crippen molar-refractivity contribution in [3.05, 3.63) is 58.5 Å². The third kappa shape index (κ3) is 5.76. The molecule has 34 heavy (non-hydrogen) atoms. The number of carboxylic acids is 1. The summed E-state index contributed by atoms with van der Waals surface area (Å²) in [6.45, 7) is 3.46. The maximum atomic E-state index is 12.7. The molecule has 0 aliphatic carbocycles. The van der Waals surface area contributed by atoms with Crippen molar-refractivity contribution in [2.75, 3.05) is 20.8 Å². The van der Waals surface area contributed by atoms with Gasteiger partial charge in [-0.25, -0.2) is 14.6 Å². The minimum absolute atomic E-state index is 0.217. The van der Waals surface area contributed by atoms with Crippen LogP contribution in [0.15, 0.2) is 52.4 Å². The van der Waals surface area contributed by atoms with Crippen molar-refractivity contribution in [2.24, 2.45) is 4.99 Å². The molecule has 1 heterocycles. The molecular weight excluding hydrogens is 460 g/mol. The number of carboxylic acid groups (broad SMARTS) is 1. The Morgan fingerprint density at radius 1 is 1.18 bits per heavy atom. The predicted octanol–water partition coefficient (Wildman–Crippen LogP) is 3.96. The molecule has 0 aromatic heterocycles. The number of thioether (sulfide) groups is 1. The molecule has 1 fully saturated rings. The molecule has 0 saturated carbocycles. The summed E-state index contributed by atoms with van der Waals surface area (Å²) in [5, 5.41) is 9.53. The lowest BCUT2D eigenvalue weighted by molar-refractivity contribution is -0.144. The van der Waals surface area contributed by atoms with Crippen molar-refractivity contribution in [1.29, 1.82) is 0 Å². The lowest BCUT2D eigenvalue weighted by atomic mass is 10.2. The van der Waals surface area contributed by atoms with Crippen molar-refractivity contribution >= 4 is 46.5 Å². The van der Waals surface area contributed by atoms with Crippen molar-refractivity contribution < 1.29 is 33.7 Å². The number of likely N-dealkylation sites (N-methyl/N-ethyl adjacent to an activating group) is 1. The number of benzene rings is 2. The van der Waals surface area contributed by atoms with E-state index in [1.165, 1.54) is 30.7 Å². The highest BCUT2D eigenvalue weighted by Gasteiger charge is 2.30. The van der Waals surface area contributed by atoms with Crippen molar-refractivity contribution in [2.45, 2.75) is 20.0 Å². The van der Waals surface area contributed by atoms with Gasteiger partial charge >= 0.3 is 11.9 Å². The number of carbonyl (C=O) groups excluding carboxylic acids is 2. The first-order chi connectivity index (χ1) is 16.2. The van der Waals surface area contributed by atoms with Crippen LogP contribution < -0.4 is 9.47 Å². The molecule has 1 aliphatic rings. The van der Waals surface area contributed by atoms with Gasteiger partial charge in [0, 0.05) is 7.05 Å². The number of hydrogen-bond donors (Lipinski definition) is 1. The van der Waals surface area contributed by atoms with Gasteiger partial charge in [0.1, 0.15) is 0 Å². The largest absolute Gasteiger partial charge is 0.493 e. The smallest absolute Gasteiger partial charge is 0.344 e. The Hall–Kier alpha value is -3.79. The van der Waals surface area contributed by atoms with Gasteiger partial charge in [0.15, 0.2) is 22.8 Å². The van der Waals surface area contributed by atoms with Gasteiger partial charge in [-0.1, -0.05) is 6.07 Å². The molecule has 178 valence electrons. The average molecular weight is 485 g/mol. The molecule has 0 radical (unpaired) electrons. The van der Waals surface area contributed by atoms with Gasteiger partial charge in [-0.05, 0) is 73.6 Å². The van der Waals surface area contributed by atoms with E-state index in [2.05, 4.69) is 4.99 Å². The van der Waals surface area contributed by atoms with Crippen LogP contribution in [0.1, 0.15) is 29.8 Å². The van der Waals surface area contributed by atoms with Crippen molar-refractivity contribution in [1.82, 2.24) is 4.90 Å². The summed E-state index contributed by atoms with van der Waals surface area (Å²) in [6.07, 6.45) is 0.659. The van der Waals surface area contributed by atoms with Gasteiger partial charge in [-0.15, -0.1) is 0 Å². The molecule has 1 atom stereocenters. The average Bonchev–Trinajstić information content (AvgIpc) is 3.08. The van der Waals surface area contributed by atoms with Crippen molar-refractivity contribution in [3.8, 4) is 11.5 Å². The fourth-order valence-corrected chi connectivity index (χ4v) is 3.90. The second-order valence-corrected chi connectivity index (χ2v) is 8.15. The summed E-state index contributed by atoms with van der Waals surface area (Å²) >= 11 is 1.21. The van der Waals surface area contributed by atoms with E-state index in [1.54, 1.807) is 62.5 Å². The van der Waals surface area contributed by atoms with Gasteiger partial charge in [-0.2, -0.15) is 0 Å². The van der Waals surface area contributed by atoms with E-state index in [-0.39, 0.29) is 11.7 Å². The second kappa shape index (κ2) is 10.9. The number of hydrogen-bond acceptors (Lipinski definition) is 8. The fourth-order valence-electron chi connectivity index (χ4n) is 2.91. The third-order valence-corrected chi connectivity index (χ3v) is 5.80.